The molecule has 0 aliphatic carbocycles. The van der Waals surface area contributed by atoms with E-state index in [-0.39, 0.29) is 18.1 Å². The average Bonchev–Trinajstić information content (AvgIpc) is 2.85. The van der Waals surface area contributed by atoms with Crippen LogP contribution in [0.3, 0.4) is 0 Å². The number of carbonyl (C=O) groups excluding carboxylic acids is 2. The number of ether oxygens (including phenoxy) is 2. The Morgan fingerprint density at radius 2 is 1.75 bits per heavy atom. The summed E-state index contributed by atoms with van der Waals surface area (Å²) in [6, 6.07) is 18.2. The molecule has 3 aromatic carbocycles. The predicted molar refractivity (Wildman–Crippen MR) is 144 cm³/mol. The molecule has 0 saturated carbocycles. The highest BCUT2D eigenvalue weighted by atomic mass is 79.9. The lowest BCUT2D eigenvalue weighted by Crippen LogP contribution is -2.20. The van der Waals surface area contributed by atoms with E-state index >= 15 is 0 Å². The molecule has 0 heterocycles. The van der Waals surface area contributed by atoms with E-state index in [1.54, 1.807) is 24.3 Å². The summed E-state index contributed by atoms with van der Waals surface area (Å²) in [4.78, 5) is 25.1. The molecule has 7 nitrogen and oxygen atoms in total. The molecule has 2 amide bonds. The van der Waals surface area contributed by atoms with Crippen LogP contribution in [-0.2, 0) is 9.59 Å². The average molecular weight is 548 g/mol. The number of rotatable bonds is 8. The molecule has 0 atom stereocenters. The normalized spacial score (nSPS) is 10.8. The molecule has 0 aliphatic heterocycles. The second-order valence-electron chi connectivity index (χ2n) is 8.11. The van der Waals surface area contributed by atoms with Gasteiger partial charge in [0.2, 0.25) is 0 Å². The number of benzene rings is 3. The minimum Gasteiger partial charge on any atom is -0.493 e. The highest BCUT2D eigenvalue weighted by Crippen LogP contribution is 2.37. The fourth-order valence-corrected chi connectivity index (χ4v) is 3.91. The highest BCUT2D eigenvalue weighted by molar-refractivity contribution is 9.10. The Morgan fingerprint density at radius 1 is 1.00 bits per heavy atom. The molecule has 0 aliphatic rings. The zero-order valence-corrected chi connectivity index (χ0v) is 22.0. The molecule has 2 N–H and O–H groups in total. The van der Waals surface area contributed by atoms with Gasteiger partial charge in [0.05, 0.1) is 11.6 Å². The quantitative estimate of drug-likeness (QED) is 0.268. The monoisotopic (exact) mass is 547 g/mol. The summed E-state index contributed by atoms with van der Waals surface area (Å²) in [5.41, 5.74) is 4.88. The number of hydrogen-bond donors (Lipinski definition) is 2. The van der Waals surface area contributed by atoms with Crippen molar-refractivity contribution in [3.63, 3.8) is 0 Å². The Labute approximate surface area is 218 Å². The lowest BCUT2D eigenvalue weighted by atomic mass is 10.1. The van der Waals surface area contributed by atoms with Gasteiger partial charge in [0.1, 0.15) is 11.6 Å². The zero-order chi connectivity index (χ0) is 26.2. The highest BCUT2D eigenvalue weighted by Gasteiger charge is 2.16. The van der Waals surface area contributed by atoms with Crippen molar-refractivity contribution >= 4 is 45.2 Å². The number of nitriles is 1. The number of methoxy groups -OCH3 is 1. The van der Waals surface area contributed by atoms with Gasteiger partial charge >= 0.3 is 0 Å². The lowest BCUT2D eigenvalue weighted by Gasteiger charge is -2.14. The first-order valence-corrected chi connectivity index (χ1v) is 11.9. The fourth-order valence-electron chi connectivity index (χ4n) is 3.34. The molecule has 3 rings (SSSR count). The molecule has 184 valence electrons. The number of halogens is 1. The maximum atomic E-state index is 12.7. The van der Waals surface area contributed by atoms with E-state index in [0.717, 1.165) is 16.7 Å². The Morgan fingerprint density at radius 3 is 2.42 bits per heavy atom. The van der Waals surface area contributed by atoms with Crippen molar-refractivity contribution in [1.29, 1.82) is 5.26 Å². The lowest BCUT2D eigenvalue weighted by molar-refractivity contribution is -0.118. The van der Waals surface area contributed by atoms with Gasteiger partial charge in [-0.25, -0.2) is 0 Å². The summed E-state index contributed by atoms with van der Waals surface area (Å²) in [5, 5.41) is 15.1. The van der Waals surface area contributed by atoms with Crippen LogP contribution in [0, 0.1) is 32.1 Å². The van der Waals surface area contributed by atoms with E-state index in [9.17, 15) is 14.9 Å². The number of hydrogen-bond acceptors (Lipinski definition) is 5. The van der Waals surface area contributed by atoms with Crippen molar-refractivity contribution in [2.24, 2.45) is 0 Å². The number of nitrogens with zero attached hydrogens (tertiary/aromatic N) is 1. The molecule has 0 unspecified atom stereocenters. The van der Waals surface area contributed by atoms with Crippen LogP contribution in [0.1, 0.15) is 22.3 Å². The smallest absolute Gasteiger partial charge is 0.266 e. The van der Waals surface area contributed by atoms with Gasteiger partial charge in [0.25, 0.3) is 11.8 Å². The summed E-state index contributed by atoms with van der Waals surface area (Å²) >= 11 is 3.44. The SMILES string of the molecule is COc1cc(/C=C(/C#N)C(=O)Nc2ccccc2C)cc(Br)c1OCC(=O)Nc1ccc(C)c(C)c1. The van der Waals surface area contributed by atoms with Crippen molar-refractivity contribution in [3.8, 4) is 17.6 Å². The van der Waals surface area contributed by atoms with Crippen molar-refractivity contribution in [2.45, 2.75) is 20.8 Å². The summed E-state index contributed by atoms with van der Waals surface area (Å²) in [6.07, 6.45) is 1.46. The first kappa shape index (κ1) is 26.5. The third-order valence-corrected chi connectivity index (χ3v) is 6.05. The molecule has 0 bridgehead atoms. The molecule has 0 radical (unpaired) electrons. The van der Waals surface area contributed by atoms with Crippen LogP contribution in [0.25, 0.3) is 6.08 Å². The number of aryl methyl sites for hydroxylation is 3. The van der Waals surface area contributed by atoms with E-state index in [1.165, 1.54) is 13.2 Å². The van der Waals surface area contributed by atoms with Crippen LogP contribution in [0.4, 0.5) is 11.4 Å². The van der Waals surface area contributed by atoms with E-state index in [2.05, 4.69) is 26.6 Å². The summed E-state index contributed by atoms with van der Waals surface area (Å²) in [7, 11) is 1.47. The first-order valence-electron chi connectivity index (χ1n) is 11.1. The van der Waals surface area contributed by atoms with Crippen LogP contribution in [0.2, 0.25) is 0 Å². The largest absolute Gasteiger partial charge is 0.493 e. The van der Waals surface area contributed by atoms with E-state index in [1.807, 2.05) is 57.2 Å². The Hall–Kier alpha value is -4.09. The van der Waals surface area contributed by atoms with Gasteiger partial charge in [-0.3, -0.25) is 9.59 Å². The van der Waals surface area contributed by atoms with Gasteiger partial charge in [-0.05, 0) is 95.4 Å². The van der Waals surface area contributed by atoms with Crippen LogP contribution < -0.4 is 20.1 Å². The Balaban J connectivity index is 1.74. The van der Waals surface area contributed by atoms with Gasteiger partial charge in [0, 0.05) is 11.4 Å². The number of amides is 2. The number of para-hydroxylation sites is 1. The van der Waals surface area contributed by atoms with Crippen LogP contribution >= 0.6 is 15.9 Å². The summed E-state index contributed by atoms with van der Waals surface area (Å²) < 4.78 is 11.7. The topological polar surface area (TPSA) is 100 Å². The van der Waals surface area contributed by atoms with Crippen molar-refractivity contribution < 1.29 is 19.1 Å². The Bertz CT molecular complexity index is 1380. The zero-order valence-electron chi connectivity index (χ0n) is 20.4. The predicted octanol–water partition coefficient (Wildman–Crippen LogP) is 5.95. The molecule has 0 saturated heterocycles. The summed E-state index contributed by atoms with van der Waals surface area (Å²) in [5.74, 6) is -0.181. The van der Waals surface area contributed by atoms with Gasteiger partial charge in [-0.1, -0.05) is 24.3 Å². The Kier molecular flexibility index (Phi) is 8.87. The van der Waals surface area contributed by atoms with Gasteiger partial charge in [-0.2, -0.15) is 5.26 Å². The molecular weight excluding hydrogens is 522 g/mol. The first-order chi connectivity index (χ1) is 17.2. The van der Waals surface area contributed by atoms with Crippen molar-refractivity contribution in [2.75, 3.05) is 24.4 Å². The number of anilines is 2. The fraction of sp³-hybridized carbons (Fsp3) is 0.179. The van der Waals surface area contributed by atoms with Gasteiger partial charge in [0.15, 0.2) is 18.1 Å². The minimum absolute atomic E-state index is 0.0753. The maximum Gasteiger partial charge on any atom is 0.266 e. The molecule has 8 heteroatoms. The third-order valence-electron chi connectivity index (χ3n) is 5.46. The van der Waals surface area contributed by atoms with Gasteiger partial charge < -0.3 is 20.1 Å². The molecule has 0 spiro atoms. The molecule has 0 aromatic heterocycles. The van der Waals surface area contributed by atoms with Crippen molar-refractivity contribution in [3.05, 3.63) is 86.9 Å². The molecule has 0 fully saturated rings. The standard InChI is InChI=1S/C28H26BrN3O4/c1-17-9-10-22(11-19(17)3)31-26(33)16-36-27-23(29)13-20(14-25(27)35-4)12-21(15-30)28(34)32-24-8-6-5-7-18(24)2/h5-14H,16H2,1-4H3,(H,31,33)(H,32,34)/b21-12-. The number of nitrogens with one attached hydrogen (secondary N) is 2. The second kappa shape index (κ2) is 12.0. The number of carbonyl (C=O) groups is 2. The second-order valence-corrected chi connectivity index (χ2v) is 8.96. The summed E-state index contributed by atoms with van der Waals surface area (Å²) in [6.45, 7) is 5.61. The molecule has 36 heavy (non-hydrogen) atoms. The van der Waals surface area contributed by atoms with E-state index in [4.69, 9.17) is 9.47 Å². The van der Waals surface area contributed by atoms with Crippen LogP contribution in [0.15, 0.2) is 64.6 Å². The van der Waals surface area contributed by atoms with Gasteiger partial charge in [-0.15, -0.1) is 0 Å². The third kappa shape index (κ3) is 6.74. The maximum absolute atomic E-state index is 12.7. The molecular formula is C28H26BrN3O4. The van der Waals surface area contributed by atoms with E-state index in [0.29, 0.717) is 32.9 Å². The molecule has 3 aromatic rings. The minimum atomic E-state index is -0.523. The van der Waals surface area contributed by atoms with E-state index < -0.39 is 5.91 Å². The van der Waals surface area contributed by atoms with Crippen LogP contribution in [-0.4, -0.2) is 25.5 Å². The van der Waals surface area contributed by atoms with Crippen molar-refractivity contribution in [1.82, 2.24) is 0 Å². The van der Waals surface area contributed by atoms with Crippen LogP contribution in [0.5, 0.6) is 11.5 Å².